The molecule has 0 aliphatic carbocycles. The van der Waals surface area contributed by atoms with Gasteiger partial charge in [-0.05, 0) is 0 Å². The maximum Gasteiger partial charge on any atom is 0.329 e. The summed E-state index contributed by atoms with van der Waals surface area (Å²) < 4.78 is 4.71. The molecular formula is C8H13NO5S. The molecule has 0 radical (unpaired) electrons. The minimum absolute atomic E-state index is 0.198. The highest BCUT2D eigenvalue weighted by Gasteiger charge is 2.26. The molecule has 1 heterocycles. The number of amides is 1. The molecule has 2 unspecified atom stereocenters. The Bertz CT molecular complexity index is 247. The van der Waals surface area contributed by atoms with Crippen LogP contribution in [0.25, 0.3) is 0 Å². The number of thioether (sulfide) groups is 1. The SMILES string of the molecule is O=C1CSCC(C(=O)OCC(O)CO)N1. The lowest BCUT2D eigenvalue weighted by atomic mass is 10.3. The van der Waals surface area contributed by atoms with E-state index in [1.165, 1.54) is 11.8 Å². The van der Waals surface area contributed by atoms with Crippen molar-refractivity contribution < 1.29 is 24.5 Å². The molecule has 1 aliphatic heterocycles. The Balaban J connectivity index is 2.30. The van der Waals surface area contributed by atoms with Crippen LogP contribution < -0.4 is 5.32 Å². The maximum absolute atomic E-state index is 11.3. The zero-order valence-electron chi connectivity index (χ0n) is 8.01. The van der Waals surface area contributed by atoms with E-state index < -0.39 is 24.7 Å². The number of aliphatic hydroxyl groups is 2. The van der Waals surface area contributed by atoms with Crippen molar-refractivity contribution in [1.29, 1.82) is 0 Å². The van der Waals surface area contributed by atoms with Gasteiger partial charge in [0, 0.05) is 5.75 Å². The van der Waals surface area contributed by atoms with Crippen LogP contribution >= 0.6 is 11.8 Å². The van der Waals surface area contributed by atoms with E-state index in [2.05, 4.69) is 5.32 Å². The van der Waals surface area contributed by atoms with Gasteiger partial charge in [0.1, 0.15) is 18.8 Å². The van der Waals surface area contributed by atoms with Gasteiger partial charge >= 0.3 is 5.97 Å². The highest BCUT2D eigenvalue weighted by atomic mass is 32.2. The molecule has 1 fully saturated rings. The maximum atomic E-state index is 11.3. The van der Waals surface area contributed by atoms with Crippen molar-refractivity contribution in [1.82, 2.24) is 5.32 Å². The van der Waals surface area contributed by atoms with Crippen LogP contribution in [-0.2, 0) is 14.3 Å². The summed E-state index contributed by atoms with van der Waals surface area (Å²) >= 11 is 1.35. The second-order valence-corrected chi connectivity index (χ2v) is 4.13. The van der Waals surface area contributed by atoms with Crippen LogP contribution in [0.1, 0.15) is 0 Å². The van der Waals surface area contributed by atoms with E-state index in [-0.39, 0.29) is 12.5 Å². The first-order chi connectivity index (χ1) is 7.13. The normalized spacial score (nSPS) is 23.1. The van der Waals surface area contributed by atoms with Gasteiger partial charge < -0.3 is 20.3 Å². The molecule has 0 aromatic rings. The molecular weight excluding hydrogens is 222 g/mol. The topological polar surface area (TPSA) is 95.9 Å². The van der Waals surface area contributed by atoms with Gasteiger partial charge in [-0.25, -0.2) is 4.79 Å². The molecule has 86 valence electrons. The predicted octanol–water partition coefficient (Wildman–Crippen LogP) is -1.89. The van der Waals surface area contributed by atoms with Crippen molar-refractivity contribution in [3.05, 3.63) is 0 Å². The largest absolute Gasteiger partial charge is 0.461 e. The average Bonchev–Trinajstić information content (AvgIpc) is 2.25. The summed E-state index contributed by atoms with van der Waals surface area (Å²) in [6.07, 6.45) is -1.07. The van der Waals surface area contributed by atoms with E-state index in [1.54, 1.807) is 0 Å². The molecule has 1 amide bonds. The number of carbonyl (C=O) groups excluding carboxylic acids is 2. The minimum Gasteiger partial charge on any atom is -0.461 e. The van der Waals surface area contributed by atoms with Gasteiger partial charge in [-0.2, -0.15) is 0 Å². The number of nitrogens with one attached hydrogen (secondary N) is 1. The summed E-state index contributed by atoms with van der Waals surface area (Å²) in [6, 6.07) is -0.651. The third-order valence-corrected chi connectivity index (χ3v) is 2.80. The quantitative estimate of drug-likeness (QED) is 0.493. The van der Waals surface area contributed by atoms with Crippen LogP contribution in [0, 0.1) is 0 Å². The van der Waals surface area contributed by atoms with Crippen LogP contribution in [0.4, 0.5) is 0 Å². The fourth-order valence-corrected chi connectivity index (χ4v) is 1.85. The zero-order chi connectivity index (χ0) is 11.3. The Labute approximate surface area is 91.0 Å². The number of rotatable bonds is 4. The second-order valence-electron chi connectivity index (χ2n) is 3.10. The first kappa shape index (κ1) is 12.3. The molecule has 0 aromatic heterocycles. The van der Waals surface area contributed by atoms with Crippen LogP contribution in [0.2, 0.25) is 0 Å². The molecule has 1 aliphatic rings. The van der Waals surface area contributed by atoms with Crippen LogP contribution in [0.15, 0.2) is 0 Å². The number of carbonyl (C=O) groups is 2. The smallest absolute Gasteiger partial charge is 0.329 e. The van der Waals surface area contributed by atoms with Gasteiger partial charge in [-0.3, -0.25) is 4.79 Å². The Morgan fingerprint density at radius 1 is 1.73 bits per heavy atom. The van der Waals surface area contributed by atoms with Crippen LogP contribution in [-0.4, -0.2) is 59.0 Å². The minimum atomic E-state index is -1.07. The summed E-state index contributed by atoms with van der Waals surface area (Å²) in [7, 11) is 0. The van der Waals surface area contributed by atoms with E-state index in [0.717, 1.165) is 0 Å². The summed E-state index contributed by atoms with van der Waals surface area (Å²) in [5.41, 5.74) is 0. The predicted molar refractivity (Wildman–Crippen MR) is 53.3 cm³/mol. The first-order valence-electron chi connectivity index (χ1n) is 4.46. The van der Waals surface area contributed by atoms with Crippen molar-refractivity contribution in [3.8, 4) is 0 Å². The van der Waals surface area contributed by atoms with Crippen molar-refractivity contribution in [2.75, 3.05) is 24.7 Å². The highest BCUT2D eigenvalue weighted by Crippen LogP contribution is 2.09. The molecule has 6 nitrogen and oxygen atoms in total. The van der Waals surface area contributed by atoms with E-state index in [0.29, 0.717) is 11.5 Å². The standard InChI is InChI=1S/C8H13NO5S/c10-1-5(11)2-14-8(13)6-3-15-4-7(12)9-6/h5-6,10-11H,1-4H2,(H,9,12). The average molecular weight is 235 g/mol. The Morgan fingerprint density at radius 3 is 3.07 bits per heavy atom. The lowest BCUT2D eigenvalue weighted by Gasteiger charge is -2.21. The van der Waals surface area contributed by atoms with E-state index in [4.69, 9.17) is 14.9 Å². The Hall–Kier alpha value is -0.790. The first-order valence-corrected chi connectivity index (χ1v) is 5.61. The van der Waals surface area contributed by atoms with Crippen LogP contribution in [0.3, 0.4) is 0 Å². The zero-order valence-corrected chi connectivity index (χ0v) is 8.83. The van der Waals surface area contributed by atoms with Crippen LogP contribution in [0.5, 0.6) is 0 Å². The number of esters is 1. The molecule has 0 saturated carbocycles. The molecule has 0 spiro atoms. The van der Waals surface area contributed by atoms with Gasteiger partial charge in [-0.1, -0.05) is 0 Å². The molecule has 2 atom stereocenters. The summed E-state index contributed by atoms with van der Waals surface area (Å²) in [6.45, 7) is -0.717. The van der Waals surface area contributed by atoms with E-state index in [9.17, 15) is 9.59 Å². The molecule has 7 heteroatoms. The molecule has 1 rings (SSSR count). The van der Waals surface area contributed by atoms with Gasteiger partial charge in [-0.15, -0.1) is 11.8 Å². The number of hydrogen-bond donors (Lipinski definition) is 3. The molecule has 0 bridgehead atoms. The number of aliphatic hydroxyl groups excluding tert-OH is 2. The third kappa shape index (κ3) is 4.06. The van der Waals surface area contributed by atoms with Crippen molar-refractivity contribution in [2.24, 2.45) is 0 Å². The Kier molecular flexibility index (Phi) is 4.86. The molecule has 3 N–H and O–H groups in total. The van der Waals surface area contributed by atoms with E-state index in [1.807, 2.05) is 0 Å². The second kappa shape index (κ2) is 5.94. The molecule has 0 aromatic carbocycles. The number of ether oxygens (including phenoxy) is 1. The van der Waals surface area contributed by atoms with Gasteiger partial charge in [0.25, 0.3) is 0 Å². The van der Waals surface area contributed by atoms with Crippen molar-refractivity contribution in [2.45, 2.75) is 12.1 Å². The lowest BCUT2D eigenvalue weighted by molar-refractivity contribution is -0.150. The van der Waals surface area contributed by atoms with Gasteiger partial charge in [0.2, 0.25) is 5.91 Å². The van der Waals surface area contributed by atoms with Crippen molar-refractivity contribution >= 4 is 23.6 Å². The van der Waals surface area contributed by atoms with E-state index >= 15 is 0 Å². The fraction of sp³-hybridized carbons (Fsp3) is 0.750. The highest BCUT2D eigenvalue weighted by molar-refractivity contribution is 8.00. The fourth-order valence-electron chi connectivity index (χ4n) is 1.01. The third-order valence-electron chi connectivity index (χ3n) is 1.77. The summed E-state index contributed by atoms with van der Waals surface area (Å²) in [5, 5.41) is 19.9. The lowest BCUT2D eigenvalue weighted by Crippen LogP contribution is -2.48. The monoisotopic (exact) mass is 235 g/mol. The summed E-state index contributed by atoms with van der Waals surface area (Å²) in [4.78, 5) is 22.3. The number of hydrogen-bond acceptors (Lipinski definition) is 6. The van der Waals surface area contributed by atoms with Gasteiger partial charge in [0.05, 0.1) is 12.4 Å². The van der Waals surface area contributed by atoms with Gasteiger partial charge in [0.15, 0.2) is 0 Å². The Morgan fingerprint density at radius 2 is 2.47 bits per heavy atom. The van der Waals surface area contributed by atoms with Crippen molar-refractivity contribution in [3.63, 3.8) is 0 Å². The molecule has 15 heavy (non-hydrogen) atoms. The summed E-state index contributed by atoms with van der Waals surface area (Å²) in [5.74, 6) is 0.0435. The molecule has 1 saturated heterocycles.